The topological polar surface area (TPSA) is 23.6 Å². The van der Waals surface area contributed by atoms with E-state index in [0.717, 1.165) is 38.2 Å². The van der Waals surface area contributed by atoms with Crippen molar-refractivity contribution in [2.24, 2.45) is 0 Å². The van der Waals surface area contributed by atoms with Crippen molar-refractivity contribution in [3.63, 3.8) is 0 Å². The van der Waals surface area contributed by atoms with Gasteiger partial charge >= 0.3 is 0 Å². The van der Waals surface area contributed by atoms with E-state index in [2.05, 4.69) is 11.9 Å². The fourth-order valence-electron chi connectivity index (χ4n) is 3.45. The van der Waals surface area contributed by atoms with Crippen molar-refractivity contribution in [1.29, 1.82) is 0 Å². The zero-order valence-corrected chi connectivity index (χ0v) is 14.7. The van der Waals surface area contributed by atoms with Gasteiger partial charge in [-0.25, -0.2) is 4.39 Å². The number of nitrogens with zero attached hydrogens (tertiary/aromatic N) is 2. The summed E-state index contributed by atoms with van der Waals surface area (Å²) in [5.41, 5.74) is 1.57. The van der Waals surface area contributed by atoms with Gasteiger partial charge < -0.3 is 9.80 Å². The highest BCUT2D eigenvalue weighted by molar-refractivity contribution is 5.78. The lowest BCUT2D eigenvalue weighted by Crippen LogP contribution is -2.35. The standard InChI is InChI=1S/C21H25FN2O/c1-23-12-7-13-24(15-14-23)21(25)16-19(17-8-3-2-4-9-17)18-10-5-6-11-20(18)22/h2-6,8-11,19H,7,12-16H2,1H3. The average molecular weight is 340 g/mol. The fraction of sp³-hybridized carbons (Fsp3) is 0.381. The molecule has 25 heavy (non-hydrogen) atoms. The summed E-state index contributed by atoms with van der Waals surface area (Å²) < 4.78 is 14.4. The van der Waals surface area contributed by atoms with Crippen molar-refractivity contribution in [2.75, 3.05) is 33.2 Å². The molecule has 3 rings (SSSR count). The number of carbonyl (C=O) groups is 1. The van der Waals surface area contributed by atoms with Gasteiger partial charge in [0.2, 0.25) is 5.91 Å². The van der Waals surface area contributed by atoms with E-state index >= 15 is 0 Å². The van der Waals surface area contributed by atoms with Crippen LogP contribution in [-0.2, 0) is 4.79 Å². The van der Waals surface area contributed by atoms with Gasteiger partial charge in [0.25, 0.3) is 0 Å². The Morgan fingerprint density at radius 2 is 1.72 bits per heavy atom. The number of hydrogen-bond donors (Lipinski definition) is 0. The van der Waals surface area contributed by atoms with Gasteiger partial charge in [-0.1, -0.05) is 48.5 Å². The molecule has 3 nitrogen and oxygen atoms in total. The molecule has 4 heteroatoms. The SMILES string of the molecule is CN1CCCN(C(=O)CC(c2ccccc2)c2ccccc2F)CC1. The maximum Gasteiger partial charge on any atom is 0.223 e. The normalized spacial score (nSPS) is 17.1. The molecule has 1 saturated heterocycles. The Balaban J connectivity index is 1.83. The van der Waals surface area contributed by atoms with Crippen molar-refractivity contribution in [3.05, 3.63) is 71.5 Å². The van der Waals surface area contributed by atoms with Gasteiger partial charge in [-0.3, -0.25) is 4.79 Å². The molecule has 1 unspecified atom stereocenters. The van der Waals surface area contributed by atoms with Crippen molar-refractivity contribution in [2.45, 2.75) is 18.8 Å². The van der Waals surface area contributed by atoms with E-state index in [1.54, 1.807) is 12.1 Å². The molecule has 0 radical (unpaired) electrons. The van der Waals surface area contributed by atoms with E-state index in [0.29, 0.717) is 12.0 Å². The van der Waals surface area contributed by atoms with Crippen LogP contribution < -0.4 is 0 Å². The molecular weight excluding hydrogens is 315 g/mol. The van der Waals surface area contributed by atoms with Crippen molar-refractivity contribution in [1.82, 2.24) is 9.80 Å². The van der Waals surface area contributed by atoms with Crippen LogP contribution in [0.2, 0.25) is 0 Å². The third-order valence-electron chi connectivity index (χ3n) is 4.93. The molecule has 0 saturated carbocycles. The maximum absolute atomic E-state index is 14.4. The molecule has 0 N–H and O–H groups in total. The molecule has 0 aromatic heterocycles. The number of benzene rings is 2. The zero-order valence-electron chi connectivity index (χ0n) is 14.7. The number of carbonyl (C=O) groups excluding carboxylic acids is 1. The van der Waals surface area contributed by atoms with Gasteiger partial charge in [0, 0.05) is 32.0 Å². The van der Waals surface area contributed by atoms with Crippen LogP contribution in [0.25, 0.3) is 0 Å². The number of rotatable bonds is 4. The second kappa shape index (κ2) is 8.26. The highest BCUT2D eigenvalue weighted by Crippen LogP contribution is 2.30. The van der Waals surface area contributed by atoms with E-state index < -0.39 is 0 Å². The van der Waals surface area contributed by atoms with Gasteiger partial charge in [0.15, 0.2) is 0 Å². The summed E-state index contributed by atoms with van der Waals surface area (Å²) in [6.07, 6.45) is 1.28. The van der Waals surface area contributed by atoms with Crippen molar-refractivity contribution < 1.29 is 9.18 Å². The highest BCUT2D eigenvalue weighted by Gasteiger charge is 2.25. The summed E-state index contributed by atoms with van der Waals surface area (Å²) in [7, 11) is 2.08. The molecule has 2 aromatic carbocycles. The second-order valence-corrected chi connectivity index (χ2v) is 6.73. The summed E-state index contributed by atoms with van der Waals surface area (Å²) >= 11 is 0. The van der Waals surface area contributed by atoms with Gasteiger partial charge in [0.05, 0.1) is 0 Å². The summed E-state index contributed by atoms with van der Waals surface area (Å²) in [5.74, 6) is -0.400. The Morgan fingerprint density at radius 3 is 2.48 bits per heavy atom. The van der Waals surface area contributed by atoms with Crippen molar-refractivity contribution in [3.8, 4) is 0 Å². The van der Waals surface area contributed by atoms with Crippen LogP contribution in [0.1, 0.15) is 29.9 Å². The van der Waals surface area contributed by atoms with Crippen LogP contribution in [0.3, 0.4) is 0 Å². The number of halogens is 1. The minimum atomic E-state index is -0.254. The van der Waals surface area contributed by atoms with Crippen LogP contribution in [0.4, 0.5) is 4.39 Å². The lowest BCUT2D eigenvalue weighted by atomic mass is 9.87. The smallest absolute Gasteiger partial charge is 0.223 e. The lowest BCUT2D eigenvalue weighted by Gasteiger charge is -2.25. The first-order valence-corrected chi connectivity index (χ1v) is 8.91. The second-order valence-electron chi connectivity index (χ2n) is 6.73. The Hall–Kier alpha value is -2.20. The van der Waals surface area contributed by atoms with E-state index in [1.807, 2.05) is 41.3 Å². The summed E-state index contributed by atoms with van der Waals surface area (Å²) in [6, 6.07) is 16.5. The Morgan fingerprint density at radius 1 is 1.00 bits per heavy atom. The quantitative estimate of drug-likeness (QED) is 0.850. The predicted octanol–water partition coefficient (Wildman–Crippen LogP) is 3.51. The maximum atomic E-state index is 14.4. The highest BCUT2D eigenvalue weighted by atomic mass is 19.1. The first-order valence-electron chi connectivity index (χ1n) is 8.91. The number of amides is 1. The molecule has 0 spiro atoms. The first kappa shape index (κ1) is 17.6. The van der Waals surface area contributed by atoms with Crippen LogP contribution in [0.5, 0.6) is 0 Å². The molecule has 1 aliphatic rings. The monoisotopic (exact) mass is 340 g/mol. The Labute approximate surface area is 149 Å². The Kier molecular flexibility index (Phi) is 5.82. The van der Waals surface area contributed by atoms with Gasteiger partial charge in [-0.15, -0.1) is 0 Å². The summed E-state index contributed by atoms with van der Waals surface area (Å²) in [4.78, 5) is 17.1. The zero-order chi connectivity index (χ0) is 17.6. The fourth-order valence-corrected chi connectivity index (χ4v) is 3.45. The molecule has 1 amide bonds. The molecule has 0 bridgehead atoms. The first-order chi connectivity index (χ1) is 12.1. The number of likely N-dealkylation sites (N-methyl/N-ethyl adjacent to an activating group) is 1. The van der Waals surface area contributed by atoms with Gasteiger partial charge in [0.1, 0.15) is 5.82 Å². The molecule has 2 aromatic rings. The molecule has 1 fully saturated rings. The molecular formula is C21H25FN2O. The largest absolute Gasteiger partial charge is 0.341 e. The molecule has 132 valence electrons. The van der Waals surface area contributed by atoms with Crippen LogP contribution >= 0.6 is 0 Å². The van der Waals surface area contributed by atoms with E-state index in [4.69, 9.17) is 0 Å². The third-order valence-corrected chi connectivity index (χ3v) is 4.93. The Bertz CT molecular complexity index is 704. The third kappa shape index (κ3) is 4.45. The number of hydrogen-bond acceptors (Lipinski definition) is 2. The predicted molar refractivity (Wildman–Crippen MR) is 98.0 cm³/mol. The molecule has 1 heterocycles. The van der Waals surface area contributed by atoms with Gasteiger partial charge in [-0.05, 0) is 37.2 Å². The molecule has 0 aliphatic carbocycles. The van der Waals surface area contributed by atoms with E-state index in [-0.39, 0.29) is 17.6 Å². The van der Waals surface area contributed by atoms with Crippen LogP contribution in [0, 0.1) is 5.82 Å². The van der Waals surface area contributed by atoms with E-state index in [9.17, 15) is 9.18 Å². The molecule has 1 aliphatic heterocycles. The van der Waals surface area contributed by atoms with Crippen LogP contribution in [-0.4, -0.2) is 48.9 Å². The van der Waals surface area contributed by atoms with Crippen LogP contribution in [0.15, 0.2) is 54.6 Å². The lowest BCUT2D eigenvalue weighted by molar-refractivity contribution is -0.131. The minimum Gasteiger partial charge on any atom is -0.341 e. The van der Waals surface area contributed by atoms with Crippen molar-refractivity contribution >= 4 is 5.91 Å². The summed E-state index contributed by atoms with van der Waals surface area (Å²) in [6.45, 7) is 3.43. The van der Waals surface area contributed by atoms with Gasteiger partial charge in [-0.2, -0.15) is 0 Å². The summed E-state index contributed by atoms with van der Waals surface area (Å²) in [5, 5.41) is 0. The van der Waals surface area contributed by atoms with E-state index in [1.165, 1.54) is 6.07 Å². The molecule has 1 atom stereocenters. The minimum absolute atomic E-state index is 0.104. The average Bonchev–Trinajstić information content (AvgIpc) is 2.86.